The van der Waals surface area contributed by atoms with Crippen LogP contribution >= 0.6 is 39.1 Å². The van der Waals surface area contributed by atoms with Crippen molar-refractivity contribution in [1.82, 2.24) is 0 Å². The third kappa shape index (κ3) is 12.1. The van der Waals surface area contributed by atoms with E-state index in [1.807, 2.05) is 18.2 Å². The molecule has 0 aliphatic rings. The topological polar surface area (TPSA) is 247 Å². The molecule has 0 amide bonds. The van der Waals surface area contributed by atoms with E-state index >= 15 is 0 Å². The van der Waals surface area contributed by atoms with E-state index in [2.05, 4.69) is 15.9 Å². The summed E-state index contributed by atoms with van der Waals surface area (Å²) in [6.45, 7) is 0. The highest BCUT2D eigenvalue weighted by atomic mass is 79.9. The fraction of sp³-hybridized carbons (Fsp3) is 0. The van der Waals surface area contributed by atoms with E-state index in [-0.39, 0.29) is 42.5 Å². The lowest BCUT2D eigenvalue weighted by molar-refractivity contribution is 0.103. The van der Waals surface area contributed by atoms with Gasteiger partial charge in [-0.2, -0.15) is 0 Å². The van der Waals surface area contributed by atoms with Crippen molar-refractivity contribution in [1.29, 1.82) is 0 Å². The minimum absolute atomic E-state index is 0.0140. The summed E-state index contributed by atoms with van der Waals surface area (Å²) in [5, 5.41) is 27.4. The molecule has 0 heterocycles. The number of primary sulfonamides is 2. The van der Waals surface area contributed by atoms with Crippen molar-refractivity contribution in [2.24, 2.45) is 10.3 Å². The third-order valence-corrected chi connectivity index (χ3v) is 11.0. The Balaban J connectivity index is 0.000000205. The van der Waals surface area contributed by atoms with E-state index < -0.39 is 27.2 Å². The Morgan fingerprint density at radius 1 is 0.536 bits per heavy atom. The monoisotopic (exact) mass is 896 g/mol. The van der Waals surface area contributed by atoms with Crippen LogP contribution in [-0.2, 0) is 20.0 Å². The van der Waals surface area contributed by atoms with Gasteiger partial charge in [-0.1, -0.05) is 87.7 Å². The number of nitrogen functional groups attached to an aromatic ring is 2. The van der Waals surface area contributed by atoms with Crippen LogP contribution in [0.4, 0.5) is 11.4 Å². The first-order valence-corrected chi connectivity index (χ1v) is 20.6. The van der Waals surface area contributed by atoms with Gasteiger partial charge in [-0.15, -0.1) is 0 Å². The van der Waals surface area contributed by atoms with Gasteiger partial charge in [0.1, 0.15) is 9.79 Å². The van der Waals surface area contributed by atoms with Crippen molar-refractivity contribution >= 4 is 94.7 Å². The highest BCUT2D eigenvalue weighted by molar-refractivity contribution is 9.10. The second-order valence-electron chi connectivity index (χ2n) is 11.8. The molecule has 0 aliphatic carbocycles. The molecular formula is C38H32BBrCl2N4O8S2. The highest BCUT2D eigenvalue weighted by Crippen LogP contribution is 2.26. The minimum atomic E-state index is -4.01. The molecule has 0 atom stereocenters. The van der Waals surface area contributed by atoms with Gasteiger partial charge in [-0.05, 0) is 102 Å². The van der Waals surface area contributed by atoms with E-state index in [0.717, 1.165) is 15.6 Å². The molecule has 6 rings (SSSR count). The summed E-state index contributed by atoms with van der Waals surface area (Å²) in [5.41, 5.74) is 15.9. The first-order valence-electron chi connectivity index (χ1n) is 15.9. The van der Waals surface area contributed by atoms with E-state index in [4.69, 9.17) is 55.0 Å². The minimum Gasteiger partial charge on any atom is -0.423 e. The zero-order valence-corrected chi connectivity index (χ0v) is 33.6. The van der Waals surface area contributed by atoms with Crippen LogP contribution in [0.5, 0.6) is 0 Å². The largest absolute Gasteiger partial charge is 0.488 e. The van der Waals surface area contributed by atoms with Gasteiger partial charge in [0.05, 0.1) is 10.0 Å². The molecule has 6 aromatic rings. The Morgan fingerprint density at radius 2 is 0.946 bits per heavy atom. The molecule has 6 aromatic carbocycles. The summed E-state index contributed by atoms with van der Waals surface area (Å²) >= 11 is 14.9. The van der Waals surface area contributed by atoms with E-state index in [1.54, 1.807) is 72.8 Å². The number of carbonyl (C=O) groups excluding carboxylic acids is 2. The average molecular weight is 898 g/mol. The van der Waals surface area contributed by atoms with Gasteiger partial charge in [-0.3, -0.25) is 9.59 Å². The number of ketones is 2. The quantitative estimate of drug-likeness (QED) is 0.0645. The predicted octanol–water partition coefficient (Wildman–Crippen LogP) is 5.40. The summed E-state index contributed by atoms with van der Waals surface area (Å²) < 4.78 is 46.7. The van der Waals surface area contributed by atoms with Gasteiger partial charge < -0.3 is 21.5 Å². The smallest absolute Gasteiger partial charge is 0.423 e. The number of hydrogen-bond donors (Lipinski definition) is 6. The summed E-state index contributed by atoms with van der Waals surface area (Å²) in [4.78, 5) is 24.4. The zero-order valence-electron chi connectivity index (χ0n) is 28.9. The average Bonchev–Trinajstić information content (AvgIpc) is 3.14. The summed E-state index contributed by atoms with van der Waals surface area (Å²) in [7, 11) is -9.41. The Labute approximate surface area is 342 Å². The van der Waals surface area contributed by atoms with E-state index in [9.17, 15) is 26.4 Å². The maximum Gasteiger partial charge on any atom is 0.488 e. The van der Waals surface area contributed by atoms with Gasteiger partial charge in [-0.25, -0.2) is 27.1 Å². The maximum atomic E-state index is 12.6. The number of benzene rings is 6. The maximum absolute atomic E-state index is 12.6. The molecule has 0 bridgehead atoms. The van der Waals surface area contributed by atoms with Crippen LogP contribution in [0.15, 0.2) is 148 Å². The van der Waals surface area contributed by atoms with Crippen molar-refractivity contribution in [2.45, 2.75) is 9.79 Å². The molecule has 0 radical (unpaired) electrons. The van der Waals surface area contributed by atoms with Gasteiger partial charge in [0, 0.05) is 38.1 Å². The van der Waals surface area contributed by atoms with Crippen LogP contribution in [-0.4, -0.2) is 45.6 Å². The fourth-order valence-corrected chi connectivity index (χ4v) is 7.32. The number of carbonyl (C=O) groups is 2. The molecule has 0 aliphatic heterocycles. The normalized spacial score (nSPS) is 11.0. The molecular weight excluding hydrogens is 866 g/mol. The van der Waals surface area contributed by atoms with Crippen LogP contribution < -0.4 is 27.2 Å². The van der Waals surface area contributed by atoms with Crippen LogP contribution in [0.2, 0.25) is 10.0 Å². The van der Waals surface area contributed by atoms with Gasteiger partial charge in [0.2, 0.25) is 20.0 Å². The van der Waals surface area contributed by atoms with Crippen molar-refractivity contribution in [3.63, 3.8) is 0 Å². The van der Waals surface area contributed by atoms with E-state index in [0.29, 0.717) is 28.0 Å². The van der Waals surface area contributed by atoms with Crippen molar-refractivity contribution in [3.05, 3.63) is 170 Å². The van der Waals surface area contributed by atoms with Crippen molar-refractivity contribution in [3.8, 4) is 11.1 Å². The molecule has 0 unspecified atom stereocenters. The number of sulfonamides is 2. The summed E-state index contributed by atoms with van der Waals surface area (Å²) in [5.74, 6) is -0.634. The number of nitrogens with two attached hydrogens (primary N) is 4. The van der Waals surface area contributed by atoms with Gasteiger partial charge in [0.15, 0.2) is 11.6 Å². The molecule has 0 saturated carbocycles. The molecule has 0 saturated heterocycles. The van der Waals surface area contributed by atoms with Crippen LogP contribution in [0, 0.1) is 0 Å². The Kier molecular flexibility index (Phi) is 14.8. The molecule has 288 valence electrons. The molecule has 18 heteroatoms. The molecule has 0 aromatic heterocycles. The summed E-state index contributed by atoms with van der Waals surface area (Å²) in [6.07, 6.45) is 0. The molecule has 56 heavy (non-hydrogen) atoms. The highest BCUT2D eigenvalue weighted by Gasteiger charge is 2.19. The van der Waals surface area contributed by atoms with E-state index in [1.165, 1.54) is 42.5 Å². The van der Waals surface area contributed by atoms with Crippen LogP contribution in [0.25, 0.3) is 11.1 Å². The number of anilines is 2. The fourth-order valence-electron chi connectivity index (χ4n) is 4.91. The van der Waals surface area contributed by atoms with Crippen molar-refractivity contribution in [2.75, 3.05) is 11.5 Å². The third-order valence-electron chi connectivity index (χ3n) is 7.68. The SMILES string of the molecule is NS(=O)(=O)c1cc(C(=O)c2ccc(Br)cc2)ccc1Cl.Nc1cccc(-c2ccc(C(=O)c3ccc(Cl)c(S(N)(=O)=O)c3)cc2)c1.Nc1cccc(B(O)O)c1. The van der Waals surface area contributed by atoms with Gasteiger partial charge in [0.25, 0.3) is 0 Å². The lowest BCUT2D eigenvalue weighted by Gasteiger charge is -2.07. The first kappa shape index (κ1) is 43.8. The Hall–Kier alpha value is -4.88. The number of hydrogen-bond acceptors (Lipinski definition) is 10. The molecule has 10 N–H and O–H groups in total. The Morgan fingerprint density at radius 3 is 1.34 bits per heavy atom. The number of rotatable bonds is 8. The van der Waals surface area contributed by atoms with Crippen molar-refractivity contribution < 1.29 is 36.5 Å². The van der Waals surface area contributed by atoms with Gasteiger partial charge >= 0.3 is 7.12 Å². The Bertz CT molecular complexity index is 2620. The first-order chi connectivity index (χ1) is 26.2. The molecule has 12 nitrogen and oxygen atoms in total. The number of halogens is 3. The predicted molar refractivity (Wildman–Crippen MR) is 224 cm³/mol. The second kappa shape index (κ2) is 18.8. The second-order valence-corrected chi connectivity index (χ2v) is 16.6. The lowest BCUT2D eigenvalue weighted by atomic mass is 9.80. The zero-order chi connectivity index (χ0) is 41.4. The van der Waals surface area contributed by atoms with Crippen LogP contribution in [0.3, 0.4) is 0 Å². The molecule has 0 spiro atoms. The standard InChI is InChI=1S/C19H15ClN2O3S.C13H9BrClNO3S.C6H8BNO2/c20-17-9-8-15(11-18(17)26(22,24)25)19(23)13-6-4-12(5-7-13)14-2-1-3-16(21)10-14;14-10-4-1-8(2-5-10)13(17)9-3-6-11(15)12(7-9)20(16,18)19;8-6-3-1-2-5(4-6)7(9)10/h1-11H,21H2,(H2,22,24,25);1-7H,(H2,16,18,19);1-4,9-10H,8H2. The summed E-state index contributed by atoms with van der Waals surface area (Å²) in [6, 6.07) is 35.5. The molecule has 0 fully saturated rings. The van der Waals surface area contributed by atoms with Crippen LogP contribution in [0.1, 0.15) is 31.8 Å². The lowest BCUT2D eigenvalue weighted by Crippen LogP contribution is -2.29.